The molecule has 8 nitrogen and oxygen atoms in total. The normalized spacial score (nSPS) is 21.6. The average molecular weight is 560 g/mol. The third-order valence-corrected chi connectivity index (χ3v) is 8.73. The monoisotopic (exact) mass is 559 g/mol. The molecule has 216 valence electrons. The van der Waals surface area contributed by atoms with Crippen LogP contribution in [0, 0.1) is 5.92 Å². The van der Waals surface area contributed by atoms with Crippen LogP contribution in [0.2, 0.25) is 0 Å². The number of rotatable bonds is 11. The molecule has 6 rings (SSSR count). The third-order valence-electron chi connectivity index (χ3n) is 8.73. The van der Waals surface area contributed by atoms with Crippen molar-refractivity contribution in [1.82, 2.24) is 5.32 Å². The topological polar surface area (TPSA) is 94.1 Å². The number of amides is 1. The number of quaternary nitrogens is 1. The zero-order valence-electron chi connectivity index (χ0n) is 23.8. The highest BCUT2D eigenvalue weighted by atomic mass is 16.6. The van der Waals surface area contributed by atoms with Crippen LogP contribution >= 0.6 is 0 Å². The highest BCUT2D eigenvalue weighted by molar-refractivity contribution is 5.97. The van der Waals surface area contributed by atoms with Crippen molar-refractivity contribution in [2.45, 2.75) is 31.0 Å². The molecule has 3 heterocycles. The summed E-state index contributed by atoms with van der Waals surface area (Å²) in [5.41, 5.74) is -0.432. The number of methoxy groups -OCH3 is 2. The number of nitrogens with zero attached hydrogens (tertiary/aromatic N) is 1. The Balaban J connectivity index is 1.22. The molecule has 3 aliphatic heterocycles. The Hall–Kier alpha value is -3.88. The molecule has 3 aromatic rings. The van der Waals surface area contributed by atoms with Crippen LogP contribution in [-0.4, -0.2) is 74.5 Å². The lowest BCUT2D eigenvalue weighted by Crippen LogP contribution is -2.65. The molecule has 2 N–H and O–H groups in total. The summed E-state index contributed by atoms with van der Waals surface area (Å²) in [5, 5.41) is 14.9. The molecule has 8 heteroatoms. The Bertz CT molecular complexity index is 1300. The van der Waals surface area contributed by atoms with Gasteiger partial charge in [0.05, 0.1) is 39.4 Å². The van der Waals surface area contributed by atoms with E-state index in [1.54, 1.807) is 49.6 Å². The van der Waals surface area contributed by atoms with Gasteiger partial charge >= 0.3 is 5.97 Å². The number of esters is 1. The SMILES string of the molecule is COc1ccc(C(=O)NCCC[N+]23CCC(CC2)C(OC(=O)C(O)(c2ccccc2)c2ccccc2)C3)c(OC)c1. The van der Waals surface area contributed by atoms with Gasteiger partial charge in [0, 0.05) is 37.8 Å². The number of fused-ring (bicyclic) bond motifs is 3. The Morgan fingerprint density at radius 1 is 0.927 bits per heavy atom. The number of benzene rings is 3. The summed E-state index contributed by atoms with van der Waals surface area (Å²) >= 11 is 0. The Morgan fingerprint density at radius 3 is 2.15 bits per heavy atom. The third kappa shape index (κ3) is 5.94. The molecule has 3 aliphatic rings. The first-order valence-corrected chi connectivity index (χ1v) is 14.3. The summed E-state index contributed by atoms with van der Waals surface area (Å²) in [6.07, 6.45) is 2.49. The molecule has 1 unspecified atom stereocenters. The van der Waals surface area contributed by atoms with Gasteiger partial charge in [-0.05, 0) is 23.3 Å². The van der Waals surface area contributed by atoms with E-state index in [9.17, 15) is 14.7 Å². The molecule has 3 fully saturated rings. The van der Waals surface area contributed by atoms with Gasteiger partial charge in [-0.3, -0.25) is 4.79 Å². The molecule has 3 aromatic carbocycles. The van der Waals surface area contributed by atoms with Gasteiger partial charge in [-0.25, -0.2) is 4.79 Å². The fourth-order valence-corrected chi connectivity index (χ4v) is 6.35. The molecule has 0 saturated carbocycles. The number of carbonyl (C=O) groups is 2. The van der Waals surface area contributed by atoms with Crippen molar-refractivity contribution in [1.29, 1.82) is 0 Å². The van der Waals surface area contributed by atoms with Gasteiger partial charge in [-0.2, -0.15) is 0 Å². The number of hydrogen-bond donors (Lipinski definition) is 2. The molecule has 1 atom stereocenters. The summed E-state index contributed by atoms with van der Waals surface area (Å²) in [7, 11) is 3.11. The van der Waals surface area contributed by atoms with E-state index in [1.165, 1.54) is 7.11 Å². The fraction of sp³-hybridized carbons (Fsp3) is 0.394. The zero-order chi connectivity index (χ0) is 28.9. The molecule has 0 aromatic heterocycles. The Labute approximate surface area is 241 Å². The number of piperidine rings is 3. The number of nitrogens with one attached hydrogen (secondary N) is 1. The maximum absolute atomic E-state index is 13.7. The standard InChI is InChI=1S/C33H38N2O6/c1-39-27-14-15-28(29(22-27)40-2)31(36)34-18-9-19-35-20-16-24(17-21-35)30(23-35)41-32(37)33(38,25-10-5-3-6-11-25)26-12-7-4-8-13-26/h3-8,10-15,22,24,30,38H,9,16-21,23H2,1-2H3/p+1. The molecule has 0 spiro atoms. The van der Waals surface area contributed by atoms with E-state index in [0.29, 0.717) is 34.7 Å². The van der Waals surface area contributed by atoms with E-state index in [4.69, 9.17) is 14.2 Å². The maximum Gasteiger partial charge on any atom is 0.348 e. The second-order valence-electron chi connectivity index (χ2n) is 11.1. The number of ether oxygens (including phenoxy) is 3. The second-order valence-corrected chi connectivity index (χ2v) is 11.1. The second kappa shape index (κ2) is 12.3. The molecule has 41 heavy (non-hydrogen) atoms. The van der Waals surface area contributed by atoms with Crippen LogP contribution in [0.3, 0.4) is 0 Å². The largest absolute Gasteiger partial charge is 0.497 e. The van der Waals surface area contributed by atoms with Gasteiger partial charge in [0.25, 0.3) is 5.91 Å². The average Bonchev–Trinajstić information content (AvgIpc) is 3.03. The fourth-order valence-electron chi connectivity index (χ4n) is 6.35. The van der Waals surface area contributed by atoms with Gasteiger partial charge in [0.2, 0.25) is 5.60 Å². The lowest BCUT2D eigenvalue weighted by atomic mass is 9.82. The summed E-state index contributed by atoms with van der Waals surface area (Å²) < 4.78 is 17.6. The van der Waals surface area contributed by atoms with Gasteiger partial charge in [-0.15, -0.1) is 0 Å². The van der Waals surface area contributed by atoms with E-state index in [-0.39, 0.29) is 17.9 Å². The van der Waals surface area contributed by atoms with E-state index >= 15 is 0 Å². The Morgan fingerprint density at radius 2 is 1.56 bits per heavy atom. The lowest BCUT2D eigenvalue weighted by Gasteiger charge is -2.52. The molecule has 0 radical (unpaired) electrons. The minimum Gasteiger partial charge on any atom is -0.497 e. The lowest BCUT2D eigenvalue weighted by molar-refractivity contribution is -0.946. The van der Waals surface area contributed by atoms with E-state index in [2.05, 4.69) is 5.32 Å². The summed E-state index contributed by atoms with van der Waals surface area (Å²) in [4.78, 5) is 26.5. The van der Waals surface area contributed by atoms with Crippen LogP contribution < -0.4 is 14.8 Å². The zero-order valence-corrected chi connectivity index (χ0v) is 23.8. The van der Waals surface area contributed by atoms with Crippen molar-refractivity contribution >= 4 is 11.9 Å². The quantitative estimate of drug-likeness (QED) is 0.210. The smallest absolute Gasteiger partial charge is 0.348 e. The van der Waals surface area contributed by atoms with Gasteiger partial charge < -0.3 is 29.1 Å². The highest BCUT2D eigenvalue weighted by Gasteiger charge is 2.50. The minimum atomic E-state index is -1.88. The number of hydrogen-bond acceptors (Lipinski definition) is 6. The predicted octanol–water partition coefficient (Wildman–Crippen LogP) is 3.91. The molecule has 2 bridgehead atoms. The first-order valence-electron chi connectivity index (χ1n) is 14.3. The predicted molar refractivity (Wildman–Crippen MR) is 155 cm³/mol. The Kier molecular flexibility index (Phi) is 8.61. The van der Waals surface area contributed by atoms with Crippen LogP contribution in [0.25, 0.3) is 0 Å². The van der Waals surface area contributed by atoms with E-state index < -0.39 is 11.6 Å². The van der Waals surface area contributed by atoms with Crippen molar-refractivity contribution in [2.75, 3.05) is 46.9 Å². The van der Waals surface area contributed by atoms with Crippen molar-refractivity contribution in [3.63, 3.8) is 0 Å². The van der Waals surface area contributed by atoms with Crippen molar-refractivity contribution < 1.29 is 33.4 Å². The van der Waals surface area contributed by atoms with Gasteiger partial charge in [0.15, 0.2) is 6.10 Å². The first-order chi connectivity index (χ1) is 19.9. The summed E-state index contributed by atoms with van der Waals surface area (Å²) in [6.45, 7) is 4.18. The van der Waals surface area contributed by atoms with E-state index in [1.807, 2.05) is 36.4 Å². The van der Waals surface area contributed by atoms with Crippen molar-refractivity contribution in [2.24, 2.45) is 5.92 Å². The summed E-state index contributed by atoms with van der Waals surface area (Å²) in [5.74, 6) is 0.570. The minimum absolute atomic E-state index is 0.185. The van der Waals surface area contributed by atoms with Gasteiger partial charge in [0.1, 0.15) is 18.0 Å². The molecular formula is C33H39N2O6+. The van der Waals surface area contributed by atoms with Crippen LogP contribution in [0.15, 0.2) is 78.9 Å². The number of carbonyl (C=O) groups excluding carboxylic acids is 2. The molecule has 0 aliphatic carbocycles. The molecule has 3 saturated heterocycles. The highest BCUT2D eigenvalue weighted by Crippen LogP contribution is 2.38. The van der Waals surface area contributed by atoms with Crippen molar-refractivity contribution in [3.8, 4) is 11.5 Å². The van der Waals surface area contributed by atoms with Crippen LogP contribution in [-0.2, 0) is 15.1 Å². The first kappa shape index (κ1) is 28.6. The molecule has 1 amide bonds. The van der Waals surface area contributed by atoms with Crippen LogP contribution in [0.1, 0.15) is 40.7 Å². The van der Waals surface area contributed by atoms with Crippen LogP contribution in [0.5, 0.6) is 11.5 Å². The van der Waals surface area contributed by atoms with Gasteiger partial charge in [-0.1, -0.05) is 60.7 Å². The molecular weight excluding hydrogens is 520 g/mol. The van der Waals surface area contributed by atoms with Crippen LogP contribution in [0.4, 0.5) is 0 Å². The number of aliphatic hydroxyl groups is 1. The summed E-state index contributed by atoms with van der Waals surface area (Å²) in [6, 6.07) is 23.2. The van der Waals surface area contributed by atoms with Crippen molar-refractivity contribution in [3.05, 3.63) is 95.6 Å². The van der Waals surface area contributed by atoms with E-state index in [0.717, 1.165) is 49.9 Å². The maximum atomic E-state index is 13.7.